The van der Waals surface area contributed by atoms with Crippen LogP contribution in [0.5, 0.6) is 0 Å². The molecule has 3 heteroatoms. The zero-order valence-corrected chi connectivity index (χ0v) is 18.2. The Balaban J connectivity index is 3.84. The van der Waals surface area contributed by atoms with Gasteiger partial charge in [-0.25, -0.2) is 0 Å². The van der Waals surface area contributed by atoms with Gasteiger partial charge in [-0.15, -0.1) is 0 Å². The van der Waals surface area contributed by atoms with Crippen LogP contribution in [-0.4, -0.2) is 23.2 Å². The van der Waals surface area contributed by atoms with Gasteiger partial charge in [0, 0.05) is 6.54 Å². The molecule has 0 saturated heterocycles. The minimum Gasteiger partial charge on any atom is -0.388 e. The molecule has 0 aliphatic carbocycles. The Kier molecular flexibility index (Phi) is 17.3. The Hall–Kier alpha value is -1.87. The molecule has 1 atom stereocenters. The highest BCUT2D eigenvalue weighted by atomic mass is 16.3. The lowest BCUT2D eigenvalue weighted by molar-refractivity contribution is -0.117. The van der Waals surface area contributed by atoms with E-state index in [9.17, 15) is 9.90 Å². The van der Waals surface area contributed by atoms with Crippen LogP contribution in [0, 0.1) is 0 Å². The van der Waals surface area contributed by atoms with E-state index in [2.05, 4.69) is 37.4 Å². The third kappa shape index (κ3) is 18.9. The molecule has 28 heavy (non-hydrogen) atoms. The van der Waals surface area contributed by atoms with Gasteiger partial charge in [0.05, 0.1) is 5.60 Å². The van der Waals surface area contributed by atoms with Crippen LogP contribution in [0.25, 0.3) is 0 Å². The Bertz CT molecular complexity index is 525. The van der Waals surface area contributed by atoms with E-state index in [0.29, 0.717) is 6.54 Å². The zero-order chi connectivity index (χ0) is 20.9. The summed E-state index contributed by atoms with van der Waals surface area (Å²) in [6.07, 6.45) is 29.1. The molecule has 1 amide bonds. The summed E-state index contributed by atoms with van der Waals surface area (Å²) in [6, 6.07) is 0. The quantitative estimate of drug-likeness (QED) is 0.189. The van der Waals surface area contributed by atoms with Gasteiger partial charge in [0.15, 0.2) is 0 Å². The number of unbranched alkanes of at least 4 members (excludes halogenated alkanes) is 5. The zero-order valence-electron chi connectivity index (χ0n) is 18.2. The highest BCUT2D eigenvalue weighted by molar-refractivity contribution is 5.87. The molecule has 0 rings (SSSR count). The summed E-state index contributed by atoms with van der Waals surface area (Å²) >= 11 is 0. The molecule has 0 aliphatic rings. The molecule has 0 radical (unpaired) electrons. The first kappa shape index (κ1) is 26.1. The van der Waals surface area contributed by atoms with Gasteiger partial charge in [0.1, 0.15) is 0 Å². The molecule has 2 N–H and O–H groups in total. The largest absolute Gasteiger partial charge is 0.388 e. The number of hydrogen-bond donors (Lipinski definition) is 2. The number of hydrogen-bond acceptors (Lipinski definition) is 2. The predicted octanol–water partition coefficient (Wildman–Crippen LogP) is 6.19. The maximum atomic E-state index is 11.8. The van der Waals surface area contributed by atoms with Crippen molar-refractivity contribution in [3.05, 3.63) is 60.8 Å². The van der Waals surface area contributed by atoms with Crippen molar-refractivity contribution in [2.75, 3.05) is 6.54 Å². The van der Waals surface area contributed by atoms with Crippen molar-refractivity contribution in [3.8, 4) is 0 Å². The number of aliphatic hydroxyl groups is 1. The number of amides is 1. The molecular weight excluding hydrogens is 346 g/mol. The second-order valence-electron chi connectivity index (χ2n) is 7.42. The molecule has 0 fully saturated rings. The average molecular weight is 388 g/mol. The predicted molar refractivity (Wildman–Crippen MR) is 122 cm³/mol. The Morgan fingerprint density at radius 3 is 2.07 bits per heavy atom. The van der Waals surface area contributed by atoms with E-state index in [1.165, 1.54) is 19.3 Å². The van der Waals surface area contributed by atoms with Gasteiger partial charge in [-0.3, -0.25) is 4.79 Å². The van der Waals surface area contributed by atoms with E-state index in [1.807, 2.05) is 36.5 Å². The van der Waals surface area contributed by atoms with E-state index in [1.54, 1.807) is 13.0 Å². The monoisotopic (exact) mass is 387 g/mol. The fourth-order valence-corrected chi connectivity index (χ4v) is 2.51. The van der Waals surface area contributed by atoms with Gasteiger partial charge in [-0.05, 0) is 38.7 Å². The van der Waals surface area contributed by atoms with Crippen LogP contribution in [0.3, 0.4) is 0 Å². The lowest BCUT2D eigenvalue weighted by atomic mass is 9.98. The second kappa shape index (κ2) is 18.5. The van der Waals surface area contributed by atoms with Crippen molar-refractivity contribution in [1.82, 2.24) is 5.32 Å². The minimum atomic E-state index is -0.827. The standard InChI is InChI=1S/C25H41NO2/c1-4-6-8-10-11-12-13-14-15-16-17-18-19-21-24(27)26-23-25(3,28)22-20-9-7-5-2/h8,10-16,19,21,28H,4-7,9,17-18,20,22-23H2,1-3H3,(H,26,27). The van der Waals surface area contributed by atoms with E-state index in [-0.39, 0.29) is 5.91 Å². The Labute approximate surface area is 173 Å². The molecule has 0 saturated carbocycles. The number of allylic oxidation sites excluding steroid dienone is 9. The van der Waals surface area contributed by atoms with Gasteiger partial charge in [0.2, 0.25) is 5.91 Å². The van der Waals surface area contributed by atoms with Gasteiger partial charge in [0.25, 0.3) is 0 Å². The number of nitrogens with one attached hydrogen (secondary N) is 1. The third-order valence-corrected chi connectivity index (χ3v) is 4.26. The van der Waals surface area contributed by atoms with Crippen LogP contribution in [-0.2, 0) is 4.79 Å². The van der Waals surface area contributed by atoms with Gasteiger partial charge >= 0.3 is 0 Å². The SMILES string of the molecule is CCCC=CC=CC=CC=CCCC=CC(=O)NCC(C)(O)CCCCCC. The molecule has 1 unspecified atom stereocenters. The first-order chi connectivity index (χ1) is 13.5. The highest BCUT2D eigenvalue weighted by Crippen LogP contribution is 2.14. The average Bonchev–Trinajstić information content (AvgIpc) is 2.67. The van der Waals surface area contributed by atoms with Crippen LogP contribution in [0.2, 0.25) is 0 Å². The molecule has 158 valence electrons. The first-order valence-electron chi connectivity index (χ1n) is 10.8. The van der Waals surface area contributed by atoms with Crippen LogP contribution in [0.15, 0.2) is 60.8 Å². The fraction of sp³-hybridized carbons (Fsp3) is 0.560. The van der Waals surface area contributed by atoms with Crippen LogP contribution in [0.4, 0.5) is 0 Å². The molecule has 0 aromatic carbocycles. The minimum absolute atomic E-state index is 0.140. The van der Waals surface area contributed by atoms with Crippen molar-refractivity contribution >= 4 is 5.91 Å². The molecule has 0 aliphatic heterocycles. The number of carbonyl (C=O) groups excluding carboxylic acids is 1. The summed E-state index contributed by atoms with van der Waals surface area (Å²) in [5, 5.41) is 13.1. The van der Waals surface area contributed by atoms with E-state index in [0.717, 1.165) is 38.5 Å². The first-order valence-corrected chi connectivity index (χ1v) is 10.8. The summed E-state index contributed by atoms with van der Waals surface area (Å²) in [5.74, 6) is -0.140. The number of carbonyl (C=O) groups is 1. The molecular formula is C25H41NO2. The maximum Gasteiger partial charge on any atom is 0.243 e. The molecule has 0 heterocycles. The van der Waals surface area contributed by atoms with E-state index >= 15 is 0 Å². The Morgan fingerprint density at radius 1 is 0.821 bits per heavy atom. The smallest absolute Gasteiger partial charge is 0.243 e. The maximum absolute atomic E-state index is 11.8. The molecule has 0 bridgehead atoms. The van der Waals surface area contributed by atoms with Crippen LogP contribution < -0.4 is 5.32 Å². The second-order valence-corrected chi connectivity index (χ2v) is 7.42. The van der Waals surface area contributed by atoms with Crippen molar-refractivity contribution < 1.29 is 9.90 Å². The normalized spacial score (nSPS) is 14.9. The van der Waals surface area contributed by atoms with Crippen LogP contribution >= 0.6 is 0 Å². The number of rotatable bonds is 16. The summed E-state index contributed by atoms with van der Waals surface area (Å²) in [5.41, 5.74) is -0.827. The van der Waals surface area contributed by atoms with E-state index < -0.39 is 5.60 Å². The molecule has 0 aromatic rings. The van der Waals surface area contributed by atoms with Crippen molar-refractivity contribution in [3.63, 3.8) is 0 Å². The molecule has 3 nitrogen and oxygen atoms in total. The topological polar surface area (TPSA) is 49.3 Å². The van der Waals surface area contributed by atoms with Gasteiger partial charge in [-0.1, -0.05) is 101 Å². The van der Waals surface area contributed by atoms with Crippen molar-refractivity contribution in [2.24, 2.45) is 0 Å². The fourth-order valence-electron chi connectivity index (χ4n) is 2.51. The summed E-state index contributed by atoms with van der Waals surface area (Å²) < 4.78 is 0. The summed E-state index contributed by atoms with van der Waals surface area (Å²) in [6.45, 7) is 6.43. The molecule has 0 aromatic heterocycles. The lowest BCUT2D eigenvalue weighted by Gasteiger charge is -2.23. The van der Waals surface area contributed by atoms with Crippen molar-refractivity contribution in [2.45, 2.75) is 84.2 Å². The van der Waals surface area contributed by atoms with Gasteiger partial charge in [-0.2, -0.15) is 0 Å². The molecule has 0 spiro atoms. The van der Waals surface area contributed by atoms with E-state index in [4.69, 9.17) is 0 Å². The third-order valence-electron chi connectivity index (χ3n) is 4.26. The lowest BCUT2D eigenvalue weighted by Crippen LogP contribution is -2.40. The Morgan fingerprint density at radius 2 is 1.43 bits per heavy atom. The summed E-state index contributed by atoms with van der Waals surface area (Å²) in [7, 11) is 0. The van der Waals surface area contributed by atoms with Crippen molar-refractivity contribution in [1.29, 1.82) is 0 Å². The van der Waals surface area contributed by atoms with Gasteiger partial charge < -0.3 is 10.4 Å². The highest BCUT2D eigenvalue weighted by Gasteiger charge is 2.19. The van der Waals surface area contributed by atoms with Crippen LogP contribution in [0.1, 0.15) is 78.6 Å². The summed E-state index contributed by atoms with van der Waals surface area (Å²) in [4.78, 5) is 11.8.